The molecule has 0 bridgehead atoms. The van der Waals surface area contributed by atoms with Gasteiger partial charge in [0.25, 0.3) is 0 Å². The molecular weight excluding hydrogens is 326 g/mol. The SMILES string of the molecule is CC[C@H](C)Oc1c(Cl)cc(C=Nc2cccc(OC)c2)cc1OC. The average Bonchev–Trinajstić information content (AvgIpc) is 2.61. The summed E-state index contributed by atoms with van der Waals surface area (Å²) in [6.07, 6.45) is 2.68. The zero-order valence-corrected chi connectivity index (χ0v) is 15.1. The lowest BCUT2D eigenvalue weighted by molar-refractivity contribution is 0.208. The number of nitrogens with zero attached hydrogens (tertiary/aromatic N) is 1. The molecule has 24 heavy (non-hydrogen) atoms. The van der Waals surface area contributed by atoms with E-state index in [-0.39, 0.29) is 6.10 Å². The number of ether oxygens (including phenoxy) is 3. The molecule has 0 aliphatic carbocycles. The maximum Gasteiger partial charge on any atom is 0.180 e. The molecule has 0 saturated heterocycles. The first-order chi connectivity index (χ1) is 11.6. The highest BCUT2D eigenvalue weighted by Crippen LogP contribution is 2.37. The van der Waals surface area contributed by atoms with E-state index in [0.29, 0.717) is 16.5 Å². The third-order valence-electron chi connectivity index (χ3n) is 3.56. The summed E-state index contributed by atoms with van der Waals surface area (Å²) in [5, 5.41) is 0.502. The van der Waals surface area contributed by atoms with Crippen molar-refractivity contribution in [1.29, 1.82) is 0 Å². The minimum Gasteiger partial charge on any atom is -0.497 e. The van der Waals surface area contributed by atoms with Crippen molar-refractivity contribution in [2.24, 2.45) is 4.99 Å². The van der Waals surface area contributed by atoms with Gasteiger partial charge in [-0.1, -0.05) is 24.6 Å². The lowest BCUT2D eigenvalue weighted by atomic mass is 10.2. The van der Waals surface area contributed by atoms with Crippen molar-refractivity contribution >= 4 is 23.5 Å². The van der Waals surface area contributed by atoms with E-state index in [0.717, 1.165) is 23.4 Å². The molecule has 0 unspecified atom stereocenters. The van der Waals surface area contributed by atoms with E-state index in [1.165, 1.54) is 0 Å². The molecule has 0 amide bonds. The Balaban J connectivity index is 2.27. The predicted molar refractivity (Wildman–Crippen MR) is 98.6 cm³/mol. The van der Waals surface area contributed by atoms with E-state index in [1.807, 2.05) is 43.3 Å². The molecule has 2 aromatic rings. The second-order valence-electron chi connectivity index (χ2n) is 5.33. The van der Waals surface area contributed by atoms with Crippen LogP contribution in [0.15, 0.2) is 41.4 Å². The number of halogens is 1. The van der Waals surface area contributed by atoms with Crippen molar-refractivity contribution in [3.8, 4) is 17.2 Å². The molecule has 0 N–H and O–H groups in total. The molecule has 0 aliphatic heterocycles. The van der Waals surface area contributed by atoms with Crippen LogP contribution in [-0.4, -0.2) is 26.5 Å². The summed E-state index contributed by atoms with van der Waals surface area (Å²) in [5.74, 6) is 1.92. The van der Waals surface area contributed by atoms with Crippen LogP contribution in [0.25, 0.3) is 0 Å². The Bertz CT molecular complexity index is 716. The highest BCUT2D eigenvalue weighted by atomic mass is 35.5. The monoisotopic (exact) mass is 347 g/mol. The maximum absolute atomic E-state index is 6.36. The first-order valence-electron chi connectivity index (χ1n) is 7.79. The molecule has 0 saturated carbocycles. The topological polar surface area (TPSA) is 40.0 Å². The standard InChI is InChI=1S/C19H22ClNO3/c1-5-13(2)24-19-17(20)9-14(10-18(19)23-4)12-21-15-7-6-8-16(11-15)22-3/h6-13H,5H2,1-4H3/t13-/m0/s1. The van der Waals surface area contributed by atoms with Gasteiger partial charge in [-0.25, -0.2) is 0 Å². The Morgan fingerprint density at radius 3 is 2.62 bits per heavy atom. The first-order valence-corrected chi connectivity index (χ1v) is 8.17. The molecule has 0 aromatic heterocycles. The third kappa shape index (κ3) is 4.65. The van der Waals surface area contributed by atoms with Crippen LogP contribution in [0.1, 0.15) is 25.8 Å². The highest BCUT2D eigenvalue weighted by molar-refractivity contribution is 6.32. The Labute approximate surface area is 148 Å². The quantitative estimate of drug-likeness (QED) is 0.639. The van der Waals surface area contributed by atoms with Gasteiger partial charge in [0, 0.05) is 12.3 Å². The van der Waals surface area contributed by atoms with Crippen LogP contribution < -0.4 is 14.2 Å². The zero-order chi connectivity index (χ0) is 17.5. The zero-order valence-electron chi connectivity index (χ0n) is 14.4. The molecule has 2 aromatic carbocycles. The van der Waals surface area contributed by atoms with Crippen LogP contribution in [0.2, 0.25) is 5.02 Å². The van der Waals surface area contributed by atoms with Crippen molar-refractivity contribution in [3.05, 3.63) is 47.0 Å². The van der Waals surface area contributed by atoms with Crippen LogP contribution >= 0.6 is 11.6 Å². The number of rotatable bonds is 7. The summed E-state index contributed by atoms with van der Waals surface area (Å²) in [6.45, 7) is 4.05. The van der Waals surface area contributed by atoms with Gasteiger partial charge in [0.15, 0.2) is 11.5 Å². The van der Waals surface area contributed by atoms with Crippen molar-refractivity contribution in [2.45, 2.75) is 26.4 Å². The highest BCUT2D eigenvalue weighted by Gasteiger charge is 2.13. The van der Waals surface area contributed by atoms with Gasteiger partial charge in [0.05, 0.1) is 31.0 Å². The normalized spacial score (nSPS) is 12.2. The number of aliphatic imine (C=N–C) groups is 1. The third-order valence-corrected chi connectivity index (χ3v) is 3.84. The largest absolute Gasteiger partial charge is 0.497 e. The van der Waals surface area contributed by atoms with E-state index in [9.17, 15) is 0 Å². The van der Waals surface area contributed by atoms with Crippen molar-refractivity contribution in [3.63, 3.8) is 0 Å². The number of hydrogen-bond acceptors (Lipinski definition) is 4. The van der Waals surface area contributed by atoms with Gasteiger partial charge in [-0.2, -0.15) is 0 Å². The fourth-order valence-electron chi connectivity index (χ4n) is 2.05. The smallest absolute Gasteiger partial charge is 0.180 e. The van der Waals surface area contributed by atoms with Gasteiger partial charge in [0.1, 0.15) is 5.75 Å². The lowest BCUT2D eigenvalue weighted by Crippen LogP contribution is -2.11. The van der Waals surface area contributed by atoms with Crippen molar-refractivity contribution in [1.82, 2.24) is 0 Å². The fourth-order valence-corrected chi connectivity index (χ4v) is 2.32. The Morgan fingerprint density at radius 1 is 1.17 bits per heavy atom. The second kappa shape index (κ2) is 8.60. The molecule has 0 fully saturated rings. The second-order valence-corrected chi connectivity index (χ2v) is 5.74. The molecule has 0 spiro atoms. The van der Waals surface area contributed by atoms with Crippen molar-refractivity contribution in [2.75, 3.05) is 14.2 Å². The van der Waals surface area contributed by atoms with E-state index in [4.69, 9.17) is 25.8 Å². The summed E-state index contributed by atoms with van der Waals surface area (Å²) >= 11 is 6.36. The summed E-state index contributed by atoms with van der Waals surface area (Å²) in [5.41, 5.74) is 1.63. The number of benzene rings is 2. The van der Waals surface area contributed by atoms with Gasteiger partial charge < -0.3 is 14.2 Å². The first kappa shape index (κ1) is 18.1. The van der Waals surface area contributed by atoms with E-state index >= 15 is 0 Å². The molecule has 0 radical (unpaired) electrons. The molecule has 0 aliphatic rings. The Kier molecular flexibility index (Phi) is 6.50. The van der Waals surface area contributed by atoms with E-state index < -0.39 is 0 Å². The summed E-state index contributed by atoms with van der Waals surface area (Å²) < 4.78 is 16.5. The van der Waals surface area contributed by atoms with E-state index in [1.54, 1.807) is 20.4 Å². The molecule has 128 valence electrons. The summed E-state index contributed by atoms with van der Waals surface area (Å²) in [4.78, 5) is 4.45. The van der Waals surface area contributed by atoms with Gasteiger partial charge in [-0.3, -0.25) is 4.99 Å². The number of hydrogen-bond donors (Lipinski definition) is 0. The summed E-state index contributed by atoms with van der Waals surface area (Å²) in [7, 11) is 3.22. The Hall–Kier alpha value is -2.20. The minimum absolute atomic E-state index is 0.0627. The van der Waals surface area contributed by atoms with Crippen LogP contribution in [0.3, 0.4) is 0 Å². The van der Waals surface area contributed by atoms with E-state index in [2.05, 4.69) is 11.9 Å². The Morgan fingerprint density at radius 2 is 1.96 bits per heavy atom. The van der Waals surface area contributed by atoms with Crippen LogP contribution in [0.4, 0.5) is 5.69 Å². The van der Waals surface area contributed by atoms with Gasteiger partial charge in [-0.15, -0.1) is 0 Å². The molecule has 1 atom stereocenters. The molecule has 4 nitrogen and oxygen atoms in total. The molecule has 2 rings (SSSR count). The summed E-state index contributed by atoms with van der Waals surface area (Å²) in [6, 6.07) is 11.2. The van der Waals surface area contributed by atoms with Gasteiger partial charge in [0.2, 0.25) is 0 Å². The molecule has 5 heteroatoms. The average molecular weight is 348 g/mol. The lowest BCUT2D eigenvalue weighted by Gasteiger charge is -2.17. The maximum atomic E-state index is 6.36. The van der Waals surface area contributed by atoms with Gasteiger partial charge >= 0.3 is 0 Å². The van der Waals surface area contributed by atoms with Gasteiger partial charge in [-0.05, 0) is 43.2 Å². The van der Waals surface area contributed by atoms with Crippen LogP contribution in [-0.2, 0) is 0 Å². The van der Waals surface area contributed by atoms with Crippen molar-refractivity contribution < 1.29 is 14.2 Å². The predicted octanol–water partition coefficient (Wildman–Crippen LogP) is 5.29. The molecular formula is C19H22ClNO3. The van der Waals surface area contributed by atoms with Crippen LogP contribution in [0, 0.1) is 0 Å². The fraction of sp³-hybridized carbons (Fsp3) is 0.316. The van der Waals surface area contributed by atoms with Crippen LogP contribution in [0.5, 0.6) is 17.2 Å². The molecule has 0 heterocycles. The minimum atomic E-state index is 0.0627. The number of methoxy groups -OCH3 is 2.